The normalized spacial score (nSPS) is 23.4. The maximum absolute atomic E-state index is 11.4. The van der Waals surface area contributed by atoms with Crippen LogP contribution in [0.3, 0.4) is 0 Å². The molecule has 1 aromatic rings. The van der Waals surface area contributed by atoms with E-state index in [9.17, 15) is 4.79 Å². The van der Waals surface area contributed by atoms with Gasteiger partial charge in [0.15, 0.2) is 0 Å². The second kappa shape index (κ2) is 6.38. The van der Waals surface area contributed by atoms with Crippen LogP contribution in [0.5, 0.6) is 0 Å². The molecule has 1 fully saturated rings. The van der Waals surface area contributed by atoms with Crippen molar-refractivity contribution < 1.29 is 0 Å². The lowest BCUT2D eigenvalue weighted by molar-refractivity contribution is 0.331. The summed E-state index contributed by atoms with van der Waals surface area (Å²) in [6, 6.07) is 1.62. The van der Waals surface area contributed by atoms with E-state index in [0.29, 0.717) is 5.82 Å². The summed E-state index contributed by atoms with van der Waals surface area (Å²) >= 11 is 0. The Bertz CT molecular complexity index is 413. The molecule has 1 aliphatic heterocycles. The van der Waals surface area contributed by atoms with Gasteiger partial charge in [-0.1, -0.05) is 6.92 Å². The van der Waals surface area contributed by atoms with Crippen LogP contribution in [-0.2, 0) is 5.41 Å². The Kier molecular flexibility index (Phi) is 6.16. The highest BCUT2D eigenvalue weighted by Gasteiger charge is 2.30. The Morgan fingerprint density at radius 3 is 2.65 bits per heavy atom. The molecule has 98 valence electrons. The van der Waals surface area contributed by atoms with Gasteiger partial charge in [-0.3, -0.25) is 4.79 Å². The van der Waals surface area contributed by atoms with Gasteiger partial charge in [0.05, 0.1) is 5.69 Å². The van der Waals surface area contributed by atoms with E-state index in [1.807, 2.05) is 6.92 Å². The molecule has 0 aliphatic carbocycles. The fraction of sp³-hybridized carbons (Fsp3) is 0.636. The fourth-order valence-corrected chi connectivity index (χ4v) is 2.16. The summed E-state index contributed by atoms with van der Waals surface area (Å²) in [6.07, 6.45) is 2.24. The number of H-pyrrole nitrogens is 1. The number of nitrogens with one attached hydrogen (secondary N) is 2. The molecule has 0 spiro atoms. The molecule has 0 radical (unpaired) electrons. The molecule has 2 heterocycles. The molecule has 1 saturated heterocycles. The van der Waals surface area contributed by atoms with Crippen molar-refractivity contribution in [2.24, 2.45) is 0 Å². The minimum atomic E-state index is -0.0516. The van der Waals surface area contributed by atoms with E-state index in [4.69, 9.17) is 0 Å². The van der Waals surface area contributed by atoms with Crippen molar-refractivity contribution in [1.82, 2.24) is 15.3 Å². The Balaban J connectivity index is 0.00000128. The number of hydrogen-bond acceptors (Lipinski definition) is 3. The molecule has 1 aliphatic rings. The monoisotopic (exact) mass is 279 g/mol. The van der Waals surface area contributed by atoms with E-state index in [2.05, 4.69) is 22.2 Å². The second-order valence-corrected chi connectivity index (χ2v) is 4.56. The van der Waals surface area contributed by atoms with Crippen LogP contribution in [0.4, 0.5) is 0 Å². The van der Waals surface area contributed by atoms with Crippen LogP contribution in [-0.4, -0.2) is 23.1 Å². The first-order chi connectivity index (χ1) is 7.10. The predicted molar refractivity (Wildman–Crippen MR) is 73.5 cm³/mol. The van der Waals surface area contributed by atoms with Crippen molar-refractivity contribution in [2.45, 2.75) is 32.1 Å². The summed E-state index contributed by atoms with van der Waals surface area (Å²) in [5, 5.41) is 3.36. The Morgan fingerprint density at radius 1 is 1.41 bits per heavy atom. The van der Waals surface area contributed by atoms with Gasteiger partial charge in [0.1, 0.15) is 5.82 Å². The van der Waals surface area contributed by atoms with E-state index < -0.39 is 0 Å². The summed E-state index contributed by atoms with van der Waals surface area (Å²) in [5.74, 6) is 0.698. The number of hydrogen-bond donors (Lipinski definition) is 2. The molecule has 0 amide bonds. The highest BCUT2D eigenvalue weighted by molar-refractivity contribution is 5.85. The van der Waals surface area contributed by atoms with Crippen LogP contribution in [0.25, 0.3) is 0 Å². The van der Waals surface area contributed by atoms with Crippen LogP contribution < -0.4 is 10.9 Å². The number of nitrogens with zero attached hydrogens (tertiary/aromatic N) is 1. The van der Waals surface area contributed by atoms with Crippen molar-refractivity contribution in [3.63, 3.8) is 0 Å². The average molecular weight is 280 g/mol. The van der Waals surface area contributed by atoms with Crippen molar-refractivity contribution >= 4 is 24.8 Å². The molecular formula is C11H19Cl2N3O. The Labute approximate surface area is 113 Å². The lowest BCUT2D eigenvalue weighted by Crippen LogP contribution is -2.42. The Morgan fingerprint density at radius 2 is 2.12 bits per heavy atom. The standard InChI is InChI=1S/C11H17N3O.2ClH/c1-8-13-9(6-10(15)14-8)11(2)4-3-5-12-7-11;;/h6,12H,3-5,7H2,1-2H3,(H,13,14,15);2*1H. The van der Waals surface area contributed by atoms with E-state index in [1.54, 1.807) is 6.07 Å². The summed E-state index contributed by atoms with van der Waals surface area (Å²) in [6.45, 7) is 5.96. The Hall–Kier alpha value is -0.580. The van der Waals surface area contributed by atoms with Gasteiger partial charge in [0, 0.05) is 18.0 Å². The maximum atomic E-state index is 11.4. The van der Waals surface area contributed by atoms with Gasteiger partial charge in [0.25, 0.3) is 5.56 Å². The molecule has 4 nitrogen and oxygen atoms in total. The second-order valence-electron chi connectivity index (χ2n) is 4.56. The van der Waals surface area contributed by atoms with Crippen LogP contribution in [0.15, 0.2) is 10.9 Å². The molecule has 2 N–H and O–H groups in total. The number of aromatic nitrogens is 2. The lowest BCUT2D eigenvalue weighted by Gasteiger charge is -2.33. The van der Waals surface area contributed by atoms with Crippen LogP contribution in [0, 0.1) is 6.92 Å². The molecule has 17 heavy (non-hydrogen) atoms. The molecule has 0 saturated carbocycles. The molecular weight excluding hydrogens is 261 g/mol. The number of rotatable bonds is 1. The number of piperidine rings is 1. The largest absolute Gasteiger partial charge is 0.316 e. The zero-order valence-corrected chi connectivity index (χ0v) is 11.7. The molecule has 1 unspecified atom stereocenters. The SMILES string of the molecule is Cc1nc(C2(C)CCCNC2)cc(=O)[nH]1.Cl.Cl. The minimum Gasteiger partial charge on any atom is -0.316 e. The zero-order chi connectivity index (χ0) is 10.9. The van der Waals surface area contributed by atoms with E-state index in [1.165, 1.54) is 0 Å². The molecule has 2 rings (SSSR count). The van der Waals surface area contributed by atoms with Crippen molar-refractivity contribution in [3.05, 3.63) is 27.9 Å². The van der Waals surface area contributed by atoms with Gasteiger partial charge in [-0.2, -0.15) is 0 Å². The molecule has 1 aromatic heterocycles. The van der Waals surface area contributed by atoms with Crippen molar-refractivity contribution in [1.29, 1.82) is 0 Å². The van der Waals surface area contributed by atoms with Gasteiger partial charge >= 0.3 is 0 Å². The van der Waals surface area contributed by atoms with Crippen molar-refractivity contribution in [3.8, 4) is 0 Å². The highest BCUT2D eigenvalue weighted by Crippen LogP contribution is 2.28. The average Bonchev–Trinajstić information content (AvgIpc) is 2.17. The maximum Gasteiger partial charge on any atom is 0.251 e. The van der Waals surface area contributed by atoms with Crippen LogP contribution in [0.2, 0.25) is 0 Å². The quantitative estimate of drug-likeness (QED) is 0.821. The smallest absolute Gasteiger partial charge is 0.251 e. The molecule has 6 heteroatoms. The molecule has 0 bridgehead atoms. The van der Waals surface area contributed by atoms with E-state index in [-0.39, 0.29) is 35.8 Å². The summed E-state index contributed by atoms with van der Waals surface area (Å²) in [7, 11) is 0. The first-order valence-electron chi connectivity index (χ1n) is 5.39. The highest BCUT2D eigenvalue weighted by atomic mass is 35.5. The predicted octanol–water partition coefficient (Wildman–Crippen LogP) is 1.56. The minimum absolute atomic E-state index is 0. The first-order valence-corrected chi connectivity index (χ1v) is 5.39. The topological polar surface area (TPSA) is 57.8 Å². The van der Waals surface area contributed by atoms with Gasteiger partial charge in [0.2, 0.25) is 0 Å². The summed E-state index contributed by atoms with van der Waals surface area (Å²) < 4.78 is 0. The first kappa shape index (κ1) is 16.4. The van der Waals surface area contributed by atoms with E-state index in [0.717, 1.165) is 31.6 Å². The lowest BCUT2D eigenvalue weighted by atomic mass is 9.79. The van der Waals surface area contributed by atoms with Crippen LogP contribution >= 0.6 is 24.8 Å². The van der Waals surface area contributed by atoms with Crippen molar-refractivity contribution in [2.75, 3.05) is 13.1 Å². The number of aromatic amines is 1. The van der Waals surface area contributed by atoms with Gasteiger partial charge in [-0.25, -0.2) is 4.98 Å². The summed E-state index contributed by atoms with van der Waals surface area (Å²) in [4.78, 5) is 18.5. The van der Waals surface area contributed by atoms with Gasteiger partial charge in [-0.05, 0) is 26.3 Å². The fourth-order valence-electron chi connectivity index (χ4n) is 2.16. The number of halogens is 2. The van der Waals surface area contributed by atoms with Gasteiger partial charge in [-0.15, -0.1) is 24.8 Å². The summed E-state index contributed by atoms with van der Waals surface area (Å²) in [5.41, 5.74) is 0.873. The van der Waals surface area contributed by atoms with Crippen LogP contribution in [0.1, 0.15) is 31.3 Å². The molecule has 0 aromatic carbocycles. The van der Waals surface area contributed by atoms with Gasteiger partial charge < -0.3 is 10.3 Å². The number of aryl methyl sites for hydroxylation is 1. The third kappa shape index (κ3) is 3.69. The zero-order valence-electron chi connectivity index (χ0n) is 10.1. The molecule has 1 atom stereocenters. The third-order valence-corrected chi connectivity index (χ3v) is 3.08. The third-order valence-electron chi connectivity index (χ3n) is 3.08. The van der Waals surface area contributed by atoms with E-state index >= 15 is 0 Å².